The van der Waals surface area contributed by atoms with Gasteiger partial charge in [0, 0.05) is 12.1 Å². The third-order valence-corrected chi connectivity index (χ3v) is 3.85. The first-order valence-corrected chi connectivity index (χ1v) is 6.83. The number of hydrogen-bond donors (Lipinski definition) is 1. The molecule has 0 aromatic heterocycles. The van der Waals surface area contributed by atoms with Gasteiger partial charge in [-0.15, -0.1) is 0 Å². The topological polar surface area (TPSA) is 47.6 Å². The van der Waals surface area contributed by atoms with Crippen molar-refractivity contribution >= 4 is 5.97 Å². The summed E-state index contributed by atoms with van der Waals surface area (Å²) in [6.45, 7) is 7.51. The summed E-state index contributed by atoms with van der Waals surface area (Å²) in [5.74, 6) is 0.304. The van der Waals surface area contributed by atoms with Crippen molar-refractivity contribution in [1.82, 2.24) is 5.32 Å². The average Bonchev–Trinajstić information content (AvgIpc) is 2.77. The van der Waals surface area contributed by atoms with Gasteiger partial charge in [-0.3, -0.25) is 5.32 Å². The third kappa shape index (κ3) is 3.33. The molecule has 0 aromatic rings. The van der Waals surface area contributed by atoms with E-state index in [2.05, 4.69) is 11.9 Å². The summed E-state index contributed by atoms with van der Waals surface area (Å²) in [5.41, 5.74) is 0.386. The number of carbonyl (C=O) groups excluding carboxylic acids is 1. The van der Waals surface area contributed by atoms with Crippen LogP contribution in [0, 0.1) is 5.92 Å². The van der Waals surface area contributed by atoms with Gasteiger partial charge < -0.3 is 9.47 Å². The van der Waals surface area contributed by atoms with Crippen molar-refractivity contribution in [2.24, 2.45) is 5.92 Å². The zero-order valence-corrected chi connectivity index (χ0v) is 11.2. The Labute approximate surface area is 109 Å². The number of hydrogen-bond acceptors (Lipinski definition) is 4. The minimum absolute atomic E-state index is 0.0821. The number of carbonyl (C=O) groups is 1. The predicted molar refractivity (Wildman–Crippen MR) is 69.0 cm³/mol. The maximum Gasteiger partial charge on any atom is 0.333 e. The summed E-state index contributed by atoms with van der Waals surface area (Å²) < 4.78 is 11.0. The van der Waals surface area contributed by atoms with Crippen LogP contribution in [-0.2, 0) is 14.3 Å². The van der Waals surface area contributed by atoms with Crippen molar-refractivity contribution in [3.63, 3.8) is 0 Å². The molecule has 2 atom stereocenters. The van der Waals surface area contributed by atoms with Gasteiger partial charge in [-0.25, -0.2) is 4.79 Å². The summed E-state index contributed by atoms with van der Waals surface area (Å²) in [4.78, 5) is 11.3. The molecule has 102 valence electrons. The lowest BCUT2D eigenvalue weighted by Gasteiger charge is -2.37. The van der Waals surface area contributed by atoms with Crippen LogP contribution in [-0.4, -0.2) is 31.5 Å². The Morgan fingerprint density at radius 2 is 2.44 bits per heavy atom. The Kier molecular flexibility index (Phi) is 4.40. The van der Waals surface area contributed by atoms with Gasteiger partial charge in [0.1, 0.15) is 5.72 Å². The quantitative estimate of drug-likeness (QED) is 0.615. The van der Waals surface area contributed by atoms with Crippen LogP contribution in [0.2, 0.25) is 0 Å². The highest BCUT2D eigenvalue weighted by Gasteiger charge is 2.39. The van der Waals surface area contributed by atoms with E-state index in [1.54, 1.807) is 6.92 Å². The maximum absolute atomic E-state index is 11.3. The number of rotatable bonds is 4. The molecule has 0 bridgehead atoms. The Morgan fingerprint density at radius 1 is 1.61 bits per heavy atom. The van der Waals surface area contributed by atoms with Gasteiger partial charge in [0.05, 0.1) is 13.2 Å². The van der Waals surface area contributed by atoms with E-state index in [9.17, 15) is 4.79 Å². The van der Waals surface area contributed by atoms with Gasteiger partial charge >= 0.3 is 5.97 Å². The van der Waals surface area contributed by atoms with Crippen LogP contribution in [0.15, 0.2) is 12.2 Å². The van der Waals surface area contributed by atoms with Crippen molar-refractivity contribution in [3.05, 3.63) is 12.2 Å². The van der Waals surface area contributed by atoms with Crippen molar-refractivity contribution in [2.45, 2.75) is 44.8 Å². The minimum Gasteiger partial charge on any atom is -0.462 e. The zero-order valence-electron chi connectivity index (χ0n) is 11.2. The molecule has 0 radical (unpaired) electrons. The second-order valence-electron chi connectivity index (χ2n) is 5.44. The van der Waals surface area contributed by atoms with Gasteiger partial charge in [0.25, 0.3) is 0 Å². The first-order chi connectivity index (χ1) is 8.61. The molecule has 1 heterocycles. The van der Waals surface area contributed by atoms with Crippen LogP contribution in [0.3, 0.4) is 0 Å². The highest BCUT2D eigenvalue weighted by molar-refractivity contribution is 5.86. The Hall–Kier alpha value is -0.870. The van der Waals surface area contributed by atoms with E-state index in [1.165, 1.54) is 12.8 Å². The number of esters is 1. The first kappa shape index (κ1) is 13.6. The van der Waals surface area contributed by atoms with Gasteiger partial charge in [0.2, 0.25) is 0 Å². The third-order valence-electron chi connectivity index (χ3n) is 3.85. The minimum atomic E-state index is -0.282. The molecule has 4 heteroatoms. The highest BCUT2D eigenvalue weighted by Crippen LogP contribution is 2.36. The Balaban J connectivity index is 1.73. The molecule has 1 saturated carbocycles. The molecule has 4 nitrogen and oxygen atoms in total. The van der Waals surface area contributed by atoms with Crippen LogP contribution in [0.4, 0.5) is 0 Å². The molecule has 0 aromatic carbocycles. The molecule has 2 unspecified atom stereocenters. The fraction of sp³-hybridized carbons (Fsp3) is 0.786. The number of ether oxygens (including phenoxy) is 2. The number of nitrogens with one attached hydrogen (secondary N) is 1. The van der Waals surface area contributed by atoms with Gasteiger partial charge in [-0.05, 0) is 38.5 Å². The van der Waals surface area contributed by atoms with Crippen LogP contribution in [0.5, 0.6) is 0 Å². The average molecular weight is 253 g/mol. The molecule has 1 N–H and O–H groups in total. The van der Waals surface area contributed by atoms with E-state index in [1.807, 2.05) is 0 Å². The highest BCUT2D eigenvalue weighted by atomic mass is 16.5. The van der Waals surface area contributed by atoms with Gasteiger partial charge in [-0.1, -0.05) is 13.0 Å². The van der Waals surface area contributed by atoms with Crippen molar-refractivity contribution in [1.29, 1.82) is 0 Å². The Morgan fingerprint density at radius 3 is 3.11 bits per heavy atom. The van der Waals surface area contributed by atoms with Crippen LogP contribution in [0.25, 0.3) is 0 Å². The summed E-state index contributed by atoms with van der Waals surface area (Å²) >= 11 is 0. The summed E-state index contributed by atoms with van der Waals surface area (Å²) in [5, 5.41) is 3.48. The van der Waals surface area contributed by atoms with Crippen molar-refractivity contribution in [3.8, 4) is 0 Å². The van der Waals surface area contributed by atoms with Gasteiger partial charge in [0.15, 0.2) is 0 Å². The lowest BCUT2D eigenvalue weighted by molar-refractivity contribution is -0.139. The molecule has 2 rings (SSSR count). The Bertz CT molecular complexity index is 321. The summed E-state index contributed by atoms with van der Waals surface area (Å²) in [6, 6.07) is 0. The molecule has 1 aliphatic carbocycles. The molecule has 18 heavy (non-hydrogen) atoms. The second-order valence-corrected chi connectivity index (χ2v) is 5.44. The zero-order chi connectivity index (χ0) is 13.0. The van der Waals surface area contributed by atoms with Crippen LogP contribution < -0.4 is 5.32 Å². The van der Waals surface area contributed by atoms with Crippen LogP contribution in [0.1, 0.15) is 39.0 Å². The molecule has 2 fully saturated rings. The predicted octanol–water partition coefficient (Wildman–Crippen LogP) is 2.00. The lowest BCUT2D eigenvalue weighted by Crippen LogP contribution is -2.45. The molecule has 1 saturated heterocycles. The fourth-order valence-electron chi connectivity index (χ4n) is 2.90. The van der Waals surface area contributed by atoms with E-state index < -0.39 is 0 Å². The smallest absolute Gasteiger partial charge is 0.333 e. The molecule has 1 aliphatic heterocycles. The fourth-order valence-corrected chi connectivity index (χ4v) is 2.90. The van der Waals surface area contributed by atoms with Crippen LogP contribution >= 0.6 is 0 Å². The van der Waals surface area contributed by atoms with E-state index in [0.717, 1.165) is 32.4 Å². The van der Waals surface area contributed by atoms with E-state index in [-0.39, 0.29) is 11.7 Å². The maximum atomic E-state index is 11.3. The lowest BCUT2D eigenvalue weighted by atomic mass is 9.81. The molecule has 0 amide bonds. The normalized spacial score (nSPS) is 31.5. The van der Waals surface area contributed by atoms with Crippen molar-refractivity contribution < 1.29 is 14.3 Å². The standard InChI is InChI=1S/C14H23NO3/c1-11(2)13(16)17-8-5-12-4-3-6-14(10-12)15-7-9-18-14/h12,15H,1,3-10H2,2H3. The van der Waals surface area contributed by atoms with Crippen molar-refractivity contribution in [2.75, 3.05) is 19.8 Å². The summed E-state index contributed by atoms with van der Waals surface area (Å²) in [7, 11) is 0. The van der Waals surface area contributed by atoms with Gasteiger partial charge in [-0.2, -0.15) is 0 Å². The SMILES string of the molecule is C=C(C)C(=O)OCCC1CCCC2(C1)NCCO2. The van der Waals surface area contributed by atoms with E-state index in [0.29, 0.717) is 18.1 Å². The molecular weight excluding hydrogens is 230 g/mol. The molecule has 2 aliphatic rings. The second kappa shape index (κ2) is 5.85. The first-order valence-electron chi connectivity index (χ1n) is 6.83. The molecular formula is C14H23NO3. The summed E-state index contributed by atoms with van der Waals surface area (Å²) in [6.07, 6.45) is 5.46. The van der Waals surface area contributed by atoms with E-state index >= 15 is 0 Å². The molecule has 1 spiro atoms. The van der Waals surface area contributed by atoms with E-state index in [4.69, 9.17) is 9.47 Å². The largest absolute Gasteiger partial charge is 0.462 e. The monoisotopic (exact) mass is 253 g/mol.